The van der Waals surface area contributed by atoms with E-state index in [1.54, 1.807) is 19.0 Å². The number of rotatable bonds is 2. The van der Waals surface area contributed by atoms with Crippen molar-refractivity contribution in [3.8, 4) is 0 Å². The highest BCUT2D eigenvalue weighted by Crippen LogP contribution is 2.32. The molecule has 1 aliphatic rings. The fourth-order valence-corrected chi connectivity index (χ4v) is 2.53. The van der Waals surface area contributed by atoms with E-state index < -0.39 is 0 Å². The van der Waals surface area contributed by atoms with Gasteiger partial charge in [0.05, 0.1) is 0 Å². The van der Waals surface area contributed by atoms with Gasteiger partial charge in [-0.25, -0.2) is 0 Å². The zero-order chi connectivity index (χ0) is 14.4. The molecule has 1 unspecified atom stereocenters. The lowest BCUT2D eigenvalue weighted by molar-refractivity contribution is 0.0825. The first-order valence-electron chi connectivity index (χ1n) is 7.12. The first kappa shape index (κ1) is 15.7. The summed E-state index contributed by atoms with van der Waals surface area (Å²) in [6.07, 6.45) is 2.36. The third kappa shape index (κ3) is 3.57. The van der Waals surface area contributed by atoms with E-state index in [0.29, 0.717) is 6.04 Å². The number of hydrogen-bond donors (Lipinski definition) is 0. The molecule has 0 bridgehead atoms. The average molecular weight is 262 g/mol. The van der Waals surface area contributed by atoms with Crippen LogP contribution in [-0.2, 0) is 0 Å². The largest absolute Gasteiger partial charge is 0.345 e. The molecule has 106 valence electrons. The second-order valence-electron chi connectivity index (χ2n) is 4.93. The molecule has 0 N–H and O–H groups in total. The molecular weight excluding hydrogens is 236 g/mol. The Morgan fingerprint density at radius 1 is 1.26 bits per heavy atom. The predicted molar refractivity (Wildman–Crippen MR) is 80.4 cm³/mol. The fourth-order valence-electron chi connectivity index (χ4n) is 2.53. The summed E-state index contributed by atoms with van der Waals surface area (Å²) in [5, 5.41) is 0. The molecule has 1 heterocycles. The van der Waals surface area contributed by atoms with Crippen molar-refractivity contribution in [1.29, 1.82) is 0 Å². The van der Waals surface area contributed by atoms with Crippen molar-refractivity contribution in [2.75, 3.05) is 27.7 Å². The fraction of sp³-hybridized carbons (Fsp3) is 0.562. The maximum atomic E-state index is 12.1. The third-order valence-corrected chi connectivity index (χ3v) is 3.48. The number of likely N-dealkylation sites (tertiary alicyclic amines) is 1. The van der Waals surface area contributed by atoms with Crippen LogP contribution >= 0.6 is 0 Å². The molecule has 1 aromatic rings. The van der Waals surface area contributed by atoms with E-state index >= 15 is 0 Å². The van der Waals surface area contributed by atoms with Crippen molar-refractivity contribution in [2.45, 2.75) is 32.7 Å². The molecule has 0 radical (unpaired) electrons. The van der Waals surface area contributed by atoms with Crippen molar-refractivity contribution in [3.63, 3.8) is 0 Å². The van der Waals surface area contributed by atoms with Gasteiger partial charge in [0.2, 0.25) is 0 Å². The van der Waals surface area contributed by atoms with Crippen LogP contribution in [0.3, 0.4) is 0 Å². The van der Waals surface area contributed by atoms with Crippen LogP contribution in [0.5, 0.6) is 0 Å². The van der Waals surface area contributed by atoms with Gasteiger partial charge in [-0.3, -0.25) is 9.69 Å². The summed E-state index contributed by atoms with van der Waals surface area (Å²) in [4.78, 5) is 16.1. The molecule has 1 aliphatic heterocycles. The molecule has 3 nitrogen and oxygen atoms in total. The van der Waals surface area contributed by atoms with Gasteiger partial charge in [-0.05, 0) is 38.1 Å². The Labute approximate surface area is 117 Å². The highest BCUT2D eigenvalue weighted by molar-refractivity contribution is 5.95. The second kappa shape index (κ2) is 7.29. The number of hydrogen-bond acceptors (Lipinski definition) is 2. The van der Waals surface area contributed by atoms with Crippen LogP contribution in [0.1, 0.15) is 48.7 Å². The maximum Gasteiger partial charge on any atom is 0.253 e. The van der Waals surface area contributed by atoms with E-state index in [0.717, 1.165) is 18.5 Å². The molecule has 1 fully saturated rings. The summed E-state index contributed by atoms with van der Waals surface area (Å²) in [5.41, 5.74) is 2.02. The standard InChI is InChI=1S/C14H20N2O.C2H6/c1-15(2)14(17)12-8-5-4-7-11(12)13-9-6-10-16(13)3;1-2/h4-5,7-8,13H,6,9-10H2,1-3H3;1-2H3. The van der Waals surface area contributed by atoms with Crippen molar-refractivity contribution in [1.82, 2.24) is 9.80 Å². The minimum Gasteiger partial charge on any atom is -0.345 e. The maximum absolute atomic E-state index is 12.1. The van der Waals surface area contributed by atoms with Crippen molar-refractivity contribution in [2.24, 2.45) is 0 Å². The summed E-state index contributed by atoms with van der Waals surface area (Å²) >= 11 is 0. The number of benzene rings is 1. The smallest absolute Gasteiger partial charge is 0.253 e. The Kier molecular flexibility index (Phi) is 6.03. The number of amides is 1. The molecule has 3 heteroatoms. The normalized spacial score (nSPS) is 18.7. The van der Waals surface area contributed by atoms with Crippen LogP contribution in [0.15, 0.2) is 24.3 Å². The van der Waals surface area contributed by atoms with E-state index in [1.807, 2.05) is 32.0 Å². The molecule has 1 atom stereocenters. The van der Waals surface area contributed by atoms with Gasteiger partial charge in [0.25, 0.3) is 5.91 Å². The zero-order valence-electron chi connectivity index (χ0n) is 12.8. The van der Waals surface area contributed by atoms with E-state index in [4.69, 9.17) is 0 Å². The number of nitrogens with zero attached hydrogens (tertiary/aromatic N) is 2. The van der Waals surface area contributed by atoms with Gasteiger partial charge in [0.1, 0.15) is 0 Å². The molecular formula is C16H26N2O. The van der Waals surface area contributed by atoms with Crippen LogP contribution in [0.25, 0.3) is 0 Å². The summed E-state index contributed by atoms with van der Waals surface area (Å²) in [5.74, 6) is 0.0981. The molecule has 19 heavy (non-hydrogen) atoms. The Bertz CT molecular complexity index is 415. The Morgan fingerprint density at radius 3 is 2.42 bits per heavy atom. The second-order valence-corrected chi connectivity index (χ2v) is 4.93. The third-order valence-electron chi connectivity index (χ3n) is 3.48. The SMILES string of the molecule is CC.CN(C)C(=O)c1ccccc1C1CCCN1C. The van der Waals surface area contributed by atoms with Crippen LogP contribution in [0, 0.1) is 0 Å². The van der Waals surface area contributed by atoms with Gasteiger partial charge < -0.3 is 4.90 Å². The quantitative estimate of drug-likeness (QED) is 0.817. The zero-order valence-corrected chi connectivity index (χ0v) is 12.8. The first-order chi connectivity index (χ1) is 9.11. The van der Waals surface area contributed by atoms with Crippen LogP contribution in [0.2, 0.25) is 0 Å². The average Bonchev–Trinajstić information content (AvgIpc) is 2.86. The van der Waals surface area contributed by atoms with Gasteiger partial charge in [0.15, 0.2) is 0 Å². The minimum absolute atomic E-state index is 0.0981. The van der Waals surface area contributed by atoms with Gasteiger partial charge in [-0.1, -0.05) is 32.0 Å². The predicted octanol–water partition coefficient (Wildman–Crippen LogP) is 3.18. The number of carbonyl (C=O) groups is 1. The Hall–Kier alpha value is -1.35. The van der Waals surface area contributed by atoms with Crippen LogP contribution in [0.4, 0.5) is 0 Å². The molecule has 0 saturated carbocycles. The Morgan fingerprint density at radius 2 is 1.89 bits per heavy atom. The van der Waals surface area contributed by atoms with Crippen LogP contribution < -0.4 is 0 Å². The minimum atomic E-state index is 0.0981. The molecule has 1 aromatic carbocycles. The summed E-state index contributed by atoms with van der Waals surface area (Å²) in [7, 11) is 5.74. The molecule has 0 aromatic heterocycles. The first-order valence-corrected chi connectivity index (χ1v) is 7.12. The lowest BCUT2D eigenvalue weighted by Gasteiger charge is -2.23. The Balaban J connectivity index is 0.000000861. The van der Waals surface area contributed by atoms with Crippen molar-refractivity contribution in [3.05, 3.63) is 35.4 Å². The molecule has 2 rings (SSSR count). The highest BCUT2D eigenvalue weighted by atomic mass is 16.2. The van der Waals surface area contributed by atoms with E-state index in [1.165, 1.54) is 12.0 Å². The van der Waals surface area contributed by atoms with Crippen molar-refractivity contribution < 1.29 is 4.79 Å². The molecule has 1 saturated heterocycles. The summed E-state index contributed by atoms with van der Waals surface area (Å²) in [6, 6.07) is 8.38. The topological polar surface area (TPSA) is 23.6 Å². The number of carbonyl (C=O) groups excluding carboxylic acids is 1. The summed E-state index contributed by atoms with van der Waals surface area (Å²) < 4.78 is 0. The van der Waals surface area contributed by atoms with E-state index in [9.17, 15) is 4.79 Å². The molecule has 0 spiro atoms. The van der Waals surface area contributed by atoms with E-state index in [-0.39, 0.29) is 5.91 Å². The summed E-state index contributed by atoms with van der Waals surface area (Å²) in [6.45, 7) is 5.12. The van der Waals surface area contributed by atoms with Crippen LogP contribution in [-0.4, -0.2) is 43.4 Å². The van der Waals surface area contributed by atoms with Gasteiger partial charge in [-0.2, -0.15) is 0 Å². The lowest BCUT2D eigenvalue weighted by Crippen LogP contribution is -2.26. The monoisotopic (exact) mass is 262 g/mol. The molecule has 0 aliphatic carbocycles. The highest BCUT2D eigenvalue weighted by Gasteiger charge is 2.26. The van der Waals surface area contributed by atoms with Gasteiger partial charge in [-0.15, -0.1) is 0 Å². The van der Waals surface area contributed by atoms with Gasteiger partial charge >= 0.3 is 0 Å². The van der Waals surface area contributed by atoms with E-state index in [2.05, 4.69) is 18.0 Å². The molecule has 1 amide bonds. The lowest BCUT2D eigenvalue weighted by atomic mass is 9.98. The van der Waals surface area contributed by atoms with Gasteiger partial charge in [0, 0.05) is 25.7 Å². The van der Waals surface area contributed by atoms with Crippen molar-refractivity contribution >= 4 is 5.91 Å².